The summed E-state index contributed by atoms with van der Waals surface area (Å²) in [5.74, 6) is 1.44. The minimum Gasteiger partial charge on any atom is -0.489 e. The normalized spacial score (nSPS) is 18.9. The Bertz CT molecular complexity index is 997. The van der Waals surface area contributed by atoms with Gasteiger partial charge >= 0.3 is 0 Å². The number of nitrogens with zero attached hydrogens (tertiary/aromatic N) is 1. The fraction of sp³-hybridized carbons (Fsp3) is 0.273. The highest BCUT2D eigenvalue weighted by molar-refractivity contribution is 8.01. The summed E-state index contributed by atoms with van der Waals surface area (Å²) in [5, 5.41) is 10.1. The second-order valence-corrected chi connectivity index (χ2v) is 8.49. The third kappa shape index (κ3) is 3.64. The van der Waals surface area contributed by atoms with E-state index in [2.05, 4.69) is 46.7 Å². The zero-order valence-electron chi connectivity index (χ0n) is 16.2. The first-order valence-corrected chi connectivity index (χ1v) is 10.3. The lowest BCUT2D eigenvalue weighted by molar-refractivity contribution is -0.115. The number of ether oxygens (including phenoxy) is 1. The van der Waals surface area contributed by atoms with Gasteiger partial charge in [0.25, 0.3) is 0 Å². The van der Waals surface area contributed by atoms with Crippen molar-refractivity contribution < 1.29 is 9.53 Å². The first kappa shape index (κ1) is 18.6. The number of nitrogens with one attached hydrogen (secondary N) is 2. The fourth-order valence-corrected chi connectivity index (χ4v) is 4.65. The Kier molecular flexibility index (Phi) is 5.13. The van der Waals surface area contributed by atoms with E-state index in [0.29, 0.717) is 12.4 Å². The molecule has 0 fully saturated rings. The lowest BCUT2D eigenvalue weighted by Gasteiger charge is -2.18. The van der Waals surface area contributed by atoms with Crippen molar-refractivity contribution in [2.45, 2.75) is 37.9 Å². The van der Waals surface area contributed by atoms with Crippen LogP contribution in [-0.4, -0.2) is 21.4 Å². The Morgan fingerprint density at radius 1 is 1.11 bits per heavy atom. The van der Waals surface area contributed by atoms with Crippen LogP contribution in [0.4, 0.5) is 5.82 Å². The molecule has 2 N–H and O–H groups in total. The van der Waals surface area contributed by atoms with E-state index in [0.717, 1.165) is 22.6 Å². The number of aromatic amines is 1. The Morgan fingerprint density at radius 3 is 2.61 bits per heavy atom. The summed E-state index contributed by atoms with van der Waals surface area (Å²) in [7, 11) is 0. The van der Waals surface area contributed by atoms with Crippen LogP contribution in [0.25, 0.3) is 0 Å². The molecule has 0 spiro atoms. The predicted octanol–water partition coefficient (Wildman–Crippen LogP) is 4.77. The van der Waals surface area contributed by atoms with Gasteiger partial charge in [0.1, 0.15) is 12.4 Å². The van der Waals surface area contributed by atoms with Crippen molar-refractivity contribution in [3.8, 4) is 5.75 Å². The van der Waals surface area contributed by atoms with Crippen molar-refractivity contribution in [2.75, 3.05) is 5.32 Å². The quantitative estimate of drug-likeness (QED) is 0.670. The molecular weight excluding hydrogens is 370 g/mol. The molecule has 4 rings (SSSR count). The van der Waals surface area contributed by atoms with E-state index < -0.39 is 0 Å². The van der Waals surface area contributed by atoms with Gasteiger partial charge in [0, 0.05) is 11.3 Å². The van der Waals surface area contributed by atoms with E-state index in [1.54, 1.807) is 11.8 Å². The van der Waals surface area contributed by atoms with Gasteiger partial charge in [-0.05, 0) is 49.6 Å². The van der Waals surface area contributed by atoms with Gasteiger partial charge in [-0.2, -0.15) is 5.10 Å². The third-order valence-electron chi connectivity index (χ3n) is 5.05. The summed E-state index contributed by atoms with van der Waals surface area (Å²) in [4.78, 5) is 12.3. The minimum atomic E-state index is -0.157. The number of carbonyl (C=O) groups excluding carboxylic acids is 1. The smallest absolute Gasteiger partial charge is 0.238 e. The first-order chi connectivity index (χ1) is 13.5. The van der Waals surface area contributed by atoms with Crippen LogP contribution in [0.3, 0.4) is 0 Å². The molecule has 144 valence electrons. The van der Waals surface area contributed by atoms with Crippen molar-refractivity contribution in [1.82, 2.24) is 10.2 Å². The summed E-state index contributed by atoms with van der Waals surface area (Å²) in [6.45, 7) is 6.55. The highest BCUT2D eigenvalue weighted by atomic mass is 32.2. The van der Waals surface area contributed by atoms with Gasteiger partial charge in [-0.25, -0.2) is 0 Å². The van der Waals surface area contributed by atoms with Crippen LogP contribution in [0.5, 0.6) is 5.75 Å². The van der Waals surface area contributed by atoms with Crippen molar-refractivity contribution in [3.05, 3.63) is 76.5 Å². The number of amides is 1. The largest absolute Gasteiger partial charge is 0.489 e. The highest BCUT2D eigenvalue weighted by Crippen LogP contribution is 2.44. The Labute approximate surface area is 168 Å². The number of H-pyrrole nitrogens is 1. The number of hydrogen-bond acceptors (Lipinski definition) is 4. The van der Waals surface area contributed by atoms with Gasteiger partial charge in [-0.3, -0.25) is 9.89 Å². The van der Waals surface area contributed by atoms with Gasteiger partial charge in [0.15, 0.2) is 5.82 Å². The molecule has 6 heteroatoms. The molecule has 2 aromatic carbocycles. The van der Waals surface area contributed by atoms with Crippen molar-refractivity contribution >= 4 is 23.5 Å². The Morgan fingerprint density at radius 2 is 1.86 bits per heavy atom. The lowest BCUT2D eigenvalue weighted by atomic mass is 10.0. The van der Waals surface area contributed by atoms with Crippen LogP contribution in [0.2, 0.25) is 0 Å². The minimum absolute atomic E-state index is 0.0153. The second-order valence-electron chi connectivity index (χ2n) is 7.04. The molecule has 0 radical (unpaired) electrons. The van der Waals surface area contributed by atoms with Crippen LogP contribution in [0.1, 0.15) is 40.1 Å². The summed E-state index contributed by atoms with van der Waals surface area (Å²) in [6.07, 6.45) is 0. The first-order valence-electron chi connectivity index (χ1n) is 9.31. The van der Waals surface area contributed by atoms with Crippen LogP contribution >= 0.6 is 11.8 Å². The van der Waals surface area contributed by atoms with Crippen molar-refractivity contribution in [3.63, 3.8) is 0 Å². The number of fused-ring (bicyclic) bond motifs is 1. The molecule has 1 aliphatic heterocycles. The number of benzene rings is 2. The Balaban J connectivity index is 1.55. The monoisotopic (exact) mass is 393 g/mol. The molecule has 1 aromatic heterocycles. The molecule has 0 unspecified atom stereocenters. The maximum atomic E-state index is 12.3. The molecule has 0 aliphatic carbocycles. The van der Waals surface area contributed by atoms with E-state index in [1.807, 2.05) is 38.1 Å². The predicted molar refractivity (Wildman–Crippen MR) is 113 cm³/mol. The number of thioether (sulfide) groups is 1. The number of aryl methyl sites for hydroxylation is 2. The highest BCUT2D eigenvalue weighted by Gasteiger charge is 2.32. The maximum absolute atomic E-state index is 12.3. The molecule has 1 amide bonds. The van der Waals surface area contributed by atoms with Gasteiger partial charge < -0.3 is 10.1 Å². The van der Waals surface area contributed by atoms with E-state index in [1.165, 1.54) is 11.1 Å². The maximum Gasteiger partial charge on any atom is 0.238 e. The second kappa shape index (κ2) is 7.72. The van der Waals surface area contributed by atoms with Crippen LogP contribution in [-0.2, 0) is 11.4 Å². The Hall–Kier alpha value is -2.73. The van der Waals surface area contributed by atoms with Gasteiger partial charge in [0.2, 0.25) is 5.91 Å². The average molecular weight is 394 g/mol. The third-order valence-corrected chi connectivity index (χ3v) is 6.45. The van der Waals surface area contributed by atoms with Gasteiger partial charge in [0.05, 0.1) is 10.5 Å². The molecule has 2 heterocycles. The lowest BCUT2D eigenvalue weighted by Crippen LogP contribution is -2.21. The summed E-state index contributed by atoms with van der Waals surface area (Å²) in [6, 6.07) is 16.4. The van der Waals surface area contributed by atoms with E-state index >= 15 is 0 Å². The summed E-state index contributed by atoms with van der Waals surface area (Å²) >= 11 is 1.64. The number of carbonyl (C=O) groups is 1. The van der Waals surface area contributed by atoms with Crippen LogP contribution in [0.15, 0.2) is 48.5 Å². The fourth-order valence-electron chi connectivity index (χ4n) is 3.32. The van der Waals surface area contributed by atoms with Crippen molar-refractivity contribution in [1.29, 1.82) is 0 Å². The summed E-state index contributed by atoms with van der Waals surface area (Å²) < 4.78 is 5.96. The van der Waals surface area contributed by atoms with E-state index in [-0.39, 0.29) is 16.4 Å². The van der Waals surface area contributed by atoms with Gasteiger partial charge in [-0.1, -0.05) is 36.4 Å². The zero-order chi connectivity index (χ0) is 19.7. The SMILES string of the molecule is Cc1ccccc1COc1ccc([C@@H]2S[C@H](C)C(=O)Nc3n[nH]c(C)c32)cc1. The number of aromatic nitrogens is 2. The molecule has 1 aliphatic rings. The molecular formula is C22H23N3O2S. The molecule has 5 nitrogen and oxygen atoms in total. The van der Waals surface area contributed by atoms with Crippen LogP contribution in [0, 0.1) is 13.8 Å². The molecule has 2 atom stereocenters. The van der Waals surface area contributed by atoms with Crippen LogP contribution < -0.4 is 10.1 Å². The van der Waals surface area contributed by atoms with E-state index in [9.17, 15) is 4.79 Å². The molecule has 28 heavy (non-hydrogen) atoms. The number of anilines is 1. The molecule has 0 bridgehead atoms. The average Bonchev–Trinajstić information content (AvgIpc) is 2.99. The van der Waals surface area contributed by atoms with Crippen molar-refractivity contribution in [2.24, 2.45) is 0 Å². The van der Waals surface area contributed by atoms with E-state index in [4.69, 9.17) is 4.74 Å². The molecule has 0 saturated heterocycles. The number of hydrogen-bond donors (Lipinski definition) is 2. The van der Waals surface area contributed by atoms with Gasteiger partial charge in [-0.15, -0.1) is 11.8 Å². The standard InChI is InChI=1S/C22H23N3O2S/c1-13-6-4-5-7-17(13)12-27-18-10-8-16(9-11-18)20-19-14(2)24-25-21(19)23-22(26)15(3)28-20/h4-11,15,20H,12H2,1-3H3,(H2,23,24,25,26)/t15-,20+/m1/s1. The molecule has 0 saturated carbocycles. The summed E-state index contributed by atoms with van der Waals surface area (Å²) in [5.41, 5.74) is 5.55. The molecule has 3 aromatic rings. The number of rotatable bonds is 4. The zero-order valence-corrected chi connectivity index (χ0v) is 17.0. The topological polar surface area (TPSA) is 67.0 Å².